The molecule has 1 amide bonds. The van der Waals surface area contributed by atoms with Crippen LogP contribution in [0.3, 0.4) is 0 Å². The van der Waals surface area contributed by atoms with E-state index in [4.69, 9.17) is 14.2 Å². The number of sulfonamides is 1. The van der Waals surface area contributed by atoms with Crippen molar-refractivity contribution in [1.29, 1.82) is 0 Å². The summed E-state index contributed by atoms with van der Waals surface area (Å²) >= 11 is 0. The van der Waals surface area contributed by atoms with E-state index in [1.807, 2.05) is 0 Å². The highest BCUT2D eigenvalue weighted by atomic mass is 32.2. The fraction of sp³-hybridized carbons (Fsp3) is 0.300. The molecule has 10 heteroatoms. The maximum atomic E-state index is 12.7. The smallest absolute Gasteiger partial charge is 0.342 e. The number of hydrogen-bond donors (Lipinski definition) is 1. The SMILES string of the molecule is COc1ccccc1C(=O)OCC(=O)Nc1cccc(S(=O)(=O)N2CCOCC2)c1. The third-order valence-corrected chi connectivity index (χ3v) is 6.28. The van der Waals surface area contributed by atoms with Crippen LogP contribution in [0.5, 0.6) is 5.75 Å². The zero-order valence-corrected chi connectivity index (χ0v) is 17.2. The van der Waals surface area contributed by atoms with Gasteiger partial charge >= 0.3 is 5.97 Å². The van der Waals surface area contributed by atoms with Crippen molar-refractivity contribution in [3.05, 3.63) is 54.1 Å². The Morgan fingerprint density at radius 3 is 2.57 bits per heavy atom. The van der Waals surface area contributed by atoms with Crippen LogP contribution >= 0.6 is 0 Å². The summed E-state index contributed by atoms with van der Waals surface area (Å²) in [7, 11) is -2.26. The molecule has 0 radical (unpaired) electrons. The average Bonchev–Trinajstić information content (AvgIpc) is 2.78. The van der Waals surface area contributed by atoms with E-state index in [0.29, 0.717) is 19.0 Å². The van der Waals surface area contributed by atoms with E-state index < -0.39 is 28.5 Å². The lowest BCUT2D eigenvalue weighted by molar-refractivity contribution is -0.119. The summed E-state index contributed by atoms with van der Waals surface area (Å²) < 4.78 is 42.1. The topological polar surface area (TPSA) is 111 Å². The van der Waals surface area contributed by atoms with Gasteiger partial charge in [-0.3, -0.25) is 4.79 Å². The normalized spacial score (nSPS) is 14.7. The Labute approximate surface area is 174 Å². The minimum atomic E-state index is -3.69. The highest BCUT2D eigenvalue weighted by molar-refractivity contribution is 7.89. The van der Waals surface area contributed by atoms with Crippen LogP contribution in [0, 0.1) is 0 Å². The van der Waals surface area contributed by atoms with Crippen molar-refractivity contribution in [2.24, 2.45) is 0 Å². The fourth-order valence-corrected chi connectivity index (χ4v) is 4.34. The Morgan fingerprint density at radius 1 is 1.10 bits per heavy atom. The van der Waals surface area contributed by atoms with Gasteiger partial charge in [0.25, 0.3) is 5.91 Å². The molecule has 2 aromatic carbocycles. The van der Waals surface area contributed by atoms with Crippen molar-refractivity contribution >= 4 is 27.6 Å². The van der Waals surface area contributed by atoms with Gasteiger partial charge in [-0.25, -0.2) is 13.2 Å². The third kappa shape index (κ3) is 5.15. The van der Waals surface area contributed by atoms with Crippen LogP contribution in [0.4, 0.5) is 5.69 Å². The van der Waals surface area contributed by atoms with Crippen molar-refractivity contribution in [2.75, 3.05) is 45.3 Å². The summed E-state index contributed by atoms with van der Waals surface area (Å²) in [5.41, 5.74) is 0.481. The van der Waals surface area contributed by atoms with Gasteiger partial charge in [0, 0.05) is 18.8 Å². The first-order chi connectivity index (χ1) is 14.4. The minimum Gasteiger partial charge on any atom is -0.496 e. The third-order valence-electron chi connectivity index (χ3n) is 4.39. The molecule has 1 N–H and O–H groups in total. The number of amides is 1. The number of morpholine rings is 1. The van der Waals surface area contributed by atoms with Crippen LogP contribution in [0.25, 0.3) is 0 Å². The lowest BCUT2D eigenvalue weighted by Gasteiger charge is -2.26. The van der Waals surface area contributed by atoms with Gasteiger partial charge in [-0.1, -0.05) is 18.2 Å². The van der Waals surface area contributed by atoms with E-state index in [1.165, 1.54) is 35.7 Å². The van der Waals surface area contributed by atoms with Crippen molar-refractivity contribution in [3.63, 3.8) is 0 Å². The summed E-state index contributed by atoms with van der Waals surface area (Å²) in [5.74, 6) is -0.964. The first-order valence-corrected chi connectivity index (χ1v) is 10.6. The fourth-order valence-electron chi connectivity index (χ4n) is 2.89. The van der Waals surface area contributed by atoms with E-state index >= 15 is 0 Å². The molecule has 160 valence electrons. The maximum absolute atomic E-state index is 12.7. The Hall–Kier alpha value is -2.95. The summed E-state index contributed by atoms with van der Waals surface area (Å²) in [6.45, 7) is 0.702. The lowest BCUT2D eigenvalue weighted by Crippen LogP contribution is -2.40. The molecule has 0 unspecified atom stereocenters. The highest BCUT2D eigenvalue weighted by Gasteiger charge is 2.26. The zero-order valence-electron chi connectivity index (χ0n) is 16.4. The summed E-state index contributed by atoms with van der Waals surface area (Å²) in [4.78, 5) is 24.4. The van der Waals surface area contributed by atoms with Gasteiger partial charge in [0.05, 0.1) is 25.2 Å². The quantitative estimate of drug-likeness (QED) is 0.658. The molecule has 0 aliphatic carbocycles. The number of carbonyl (C=O) groups is 2. The number of carbonyl (C=O) groups excluding carboxylic acids is 2. The Balaban J connectivity index is 1.62. The maximum Gasteiger partial charge on any atom is 0.342 e. The summed E-state index contributed by atoms with van der Waals surface area (Å²) in [6.07, 6.45) is 0. The minimum absolute atomic E-state index is 0.0632. The van der Waals surface area contributed by atoms with Crippen molar-refractivity contribution in [1.82, 2.24) is 4.31 Å². The summed E-state index contributed by atoms with van der Waals surface area (Å²) in [5, 5.41) is 2.54. The number of benzene rings is 2. The number of nitrogens with one attached hydrogen (secondary N) is 1. The molecular formula is C20H22N2O7S. The molecule has 1 saturated heterocycles. The zero-order chi connectivity index (χ0) is 21.6. The van der Waals surface area contributed by atoms with Gasteiger partial charge in [-0.2, -0.15) is 4.31 Å². The number of anilines is 1. The van der Waals surface area contributed by atoms with Gasteiger partial charge < -0.3 is 19.5 Å². The average molecular weight is 434 g/mol. The molecule has 0 bridgehead atoms. The van der Waals surface area contributed by atoms with Crippen LogP contribution in [0.1, 0.15) is 10.4 Å². The van der Waals surface area contributed by atoms with Gasteiger partial charge in [0.1, 0.15) is 11.3 Å². The molecule has 0 aromatic heterocycles. The predicted molar refractivity (Wildman–Crippen MR) is 108 cm³/mol. The largest absolute Gasteiger partial charge is 0.496 e. The first-order valence-electron chi connectivity index (χ1n) is 9.20. The van der Waals surface area contributed by atoms with Crippen LogP contribution in [-0.4, -0.2) is 64.6 Å². The second-order valence-corrected chi connectivity index (χ2v) is 8.31. The van der Waals surface area contributed by atoms with Gasteiger partial charge in [0.2, 0.25) is 10.0 Å². The Bertz CT molecular complexity index is 1020. The van der Waals surface area contributed by atoms with Crippen LogP contribution < -0.4 is 10.1 Å². The molecule has 1 aliphatic heterocycles. The standard InChI is InChI=1S/C20H22N2O7S/c1-27-18-8-3-2-7-17(18)20(24)29-14-19(23)21-15-5-4-6-16(13-15)30(25,26)22-9-11-28-12-10-22/h2-8,13H,9-12,14H2,1H3,(H,21,23). The van der Waals surface area contributed by atoms with Crippen molar-refractivity contribution < 1.29 is 32.2 Å². The molecule has 9 nitrogen and oxygen atoms in total. The van der Waals surface area contributed by atoms with Crippen molar-refractivity contribution in [2.45, 2.75) is 4.90 Å². The predicted octanol–water partition coefficient (Wildman–Crippen LogP) is 1.51. The van der Waals surface area contributed by atoms with Crippen LogP contribution in [0.15, 0.2) is 53.4 Å². The van der Waals surface area contributed by atoms with Gasteiger partial charge in [0.15, 0.2) is 6.61 Å². The number of nitrogens with zero attached hydrogens (tertiary/aromatic N) is 1. The molecule has 30 heavy (non-hydrogen) atoms. The van der Waals surface area contributed by atoms with Gasteiger partial charge in [-0.05, 0) is 30.3 Å². The number of esters is 1. The van der Waals surface area contributed by atoms with Crippen LogP contribution in [-0.2, 0) is 24.3 Å². The number of hydrogen-bond acceptors (Lipinski definition) is 7. The van der Waals surface area contributed by atoms with Gasteiger partial charge in [-0.15, -0.1) is 0 Å². The van der Waals surface area contributed by atoms with Crippen LogP contribution in [0.2, 0.25) is 0 Å². The molecule has 3 rings (SSSR count). The number of para-hydroxylation sites is 1. The van der Waals surface area contributed by atoms with E-state index in [9.17, 15) is 18.0 Å². The summed E-state index contributed by atoms with van der Waals surface area (Å²) in [6, 6.07) is 12.4. The molecule has 0 spiro atoms. The molecule has 1 heterocycles. The molecule has 1 aliphatic rings. The molecule has 2 aromatic rings. The number of ether oxygens (including phenoxy) is 3. The van der Waals surface area contributed by atoms with E-state index in [2.05, 4.69) is 5.32 Å². The lowest BCUT2D eigenvalue weighted by atomic mass is 10.2. The molecule has 1 fully saturated rings. The molecule has 0 atom stereocenters. The van der Waals surface area contributed by atoms with E-state index in [0.717, 1.165) is 0 Å². The second-order valence-electron chi connectivity index (χ2n) is 6.37. The number of rotatable bonds is 7. The Kier molecular flexibility index (Phi) is 7.03. The molecular weight excluding hydrogens is 412 g/mol. The molecule has 0 saturated carbocycles. The Morgan fingerprint density at radius 2 is 1.83 bits per heavy atom. The highest BCUT2D eigenvalue weighted by Crippen LogP contribution is 2.21. The van der Waals surface area contributed by atoms with E-state index in [-0.39, 0.29) is 29.2 Å². The second kappa shape index (κ2) is 9.70. The first kappa shape index (κ1) is 21.8. The monoisotopic (exact) mass is 434 g/mol. The van der Waals surface area contributed by atoms with Crippen molar-refractivity contribution in [3.8, 4) is 5.75 Å². The number of methoxy groups -OCH3 is 1. The van der Waals surface area contributed by atoms with E-state index in [1.54, 1.807) is 24.3 Å².